The van der Waals surface area contributed by atoms with E-state index in [0.717, 1.165) is 26.3 Å². The minimum Gasteiger partial charge on any atom is -0.379 e. The predicted octanol–water partition coefficient (Wildman–Crippen LogP) is 2.23. The molecule has 0 amide bonds. The van der Waals surface area contributed by atoms with Crippen molar-refractivity contribution in [3.05, 3.63) is 20.8 Å². The van der Waals surface area contributed by atoms with Crippen LogP contribution in [-0.2, 0) is 4.74 Å². The number of morpholine rings is 1. The van der Waals surface area contributed by atoms with Crippen molar-refractivity contribution in [3.8, 4) is 0 Å². The van der Waals surface area contributed by atoms with Crippen LogP contribution in [0.25, 0.3) is 0 Å². The molecule has 2 heterocycles. The van der Waals surface area contributed by atoms with Gasteiger partial charge in [0.2, 0.25) is 0 Å². The predicted molar refractivity (Wildman–Crippen MR) is 70.8 cm³/mol. The third-order valence-electron chi connectivity index (χ3n) is 2.82. The Balaban J connectivity index is 2.16. The number of hydrogen-bond donors (Lipinski definition) is 1. The summed E-state index contributed by atoms with van der Waals surface area (Å²) in [4.78, 5) is 3.76. The fraction of sp³-hybridized carbons (Fsp3) is 0.636. The van der Waals surface area contributed by atoms with Gasteiger partial charge in [0.05, 0.1) is 23.0 Å². The summed E-state index contributed by atoms with van der Waals surface area (Å²) in [5, 5.41) is 0. The Bertz CT molecular complexity index is 336. The van der Waals surface area contributed by atoms with Gasteiger partial charge in [0.15, 0.2) is 0 Å². The maximum atomic E-state index is 6.12. The largest absolute Gasteiger partial charge is 0.379 e. The number of nitrogens with zero attached hydrogens (tertiary/aromatic N) is 1. The fourth-order valence-electron chi connectivity index (χ4n) is 2.11. The van der Waals surface area contributed by atoms with Crippen molar-refractivity contribution in [3.63, 3.8) is 0 Å². The maximum Gasteiger partial charge on any atom is 0.0702 e. The Morgan fingerprint density at radius 2 is 2.12 bits per heavy atom. The van der Waals surface area contributed by atoms with Crippen LogP contribution in [0.15, 0.2) is 15.9 Å². The lowest BCUT2D eigenvalue weighted by Gasteiger charge is -2.36. The second kappa shape index (κ2) is 5.60. The Kier molecular flexibility index (Phi) is 4.38. The van der Waals surface area contributed by atoms with E-state index in [4.69, 9.17) is 10.5 Å². The summed E-state index contributed by atoms with van der Waals surface area (Å²) in [5.41, 5.74) is 6.12. The Morgan fingerprint density at radius 1 is 1.44 bits per heavy atom. The van der Waals surface area contributed by atoms with Crippen molar-refractivity contribution in [1.82, 2.24) is 4.90 Å². The number of nitrogens with two attached hydrogens (primary N) is 1. The molecule has 0 aromatic carbocycles. The van der Waals surface area contributed by atoms with Gasteiger partial charge in [0.1, 0.15) is 0 Å². The van der Waals surface area contributed by atoms with E-state index in [0.29, 0.717) is 6.04 Å². The Morgan fingerprint density at radius 3 is 2.62 bits per heavy atom. The topological polar surface area (TPSA) is 38.5 Å². The average Bonchev–Trinajstić information content (AvgIpc) is 2.66. The van der Waals surface area contributed by atoms with Gasteiger partial charge in [-0.3, -0.25) is 4.90 Å². The first-order chi connectivity index (χ1) is 7.68. The zero-order valence-electron chi connectivity index (χ0n) is 9.36. The fourth-order valence-corrected chi connectivity index (χ4v) is 3.79. The summed E-state index contributed by atoms with van der Waals surface area (Å²) >= 11 is 5.28. The highest BCUT2D eigenvalue weighted by Gasteiger charge is 2.26. The molecule has 1 saturated heterocycles. The van der Waals surface area contributed by atoms with Crippen LogP contribution in [0, 0.1) is 0 Å². The zero-order valence-corrected chi connectivity index (χ0v) is 11.8. The van der Waals surface area contributed by atoms with Crippen LogP contribution in [0.3, 0.4) is 0 Å². The van der Waals surface area contributed by atoms with Crippen LogP contribution < -0.4 is 5.73 Å². The third-order valence-corrected chi connectivity index (χ3v) is 4.52. The summed E-state index contributed by atoms with van der Waals surface area (Å²) in [7, 11) is 0. The van der Waals surface area contributed by atoms with Crippen molar-refractivity contribution >= 4 is 27.3 Å². The molecule has 0 radical (unpaired) electrons. The first kappa shape index (κ1) is 12.5. The van der Waals surface area contributed by atoms with E-state index in [9.17, 15) is 0 Å². The van der Waals surface area contributed by atoms with Crippen molar-refractivity contribution in [1.29, 1.82) is 0 Å². The van der Waals surface area contributed by atoms with E-state index in [1.807, 2.05) is 0 Å². The molecule has 2 N–H and O–H groups in total. The summed E-state index contributed by atoms with van der Waals surface area (Å²) in [5.74, 6) is 0. The molecule has 1 aromatic heterocycles. The van der Waals surface area contributed by atoms with Crippen molar-refractivity contribution in [2.45, 2.75) is 19.0 Å². The third kappa shape index (κ3) is 2.84. The van der Waals surface area contributed by atoms with E-state index in [1.165, 1.54) is 8.66 Å². The lowest BCUT2D eigenvalue weighted by atomic mass is 10.1. The molecule has 1 aromatic rings. The Labute approximate surface area is 109 Å². The maximum absolute atomic E-state index is 6.12. The average molecular weight is 305 g/mol. The molecule has 16 heavy (non-hydrogen) atoms. The van der Waals surface area contributed by atoms with E-state index >= 15 is 0 Å². The lowest BCUT2D eigenvalue weighted by molar-refractivity contribution is 0.0124. The molecule has 1 fully saturated rings. The highest BCUT2D eigenvalue weighted by Crippen LogP contribution is 2.32. The van der Waals surface area contributed by atoms with Gasteiger partial charge in [-0.05, 0) is 35.0 Å². The van der Waals surface area contributed by atoms with Gasteiger partial charge in [-0.15, -0.1) is 11.3 Å². The second-order valence-corrected chi connectivity index (χ2v) is 6.59. The highest BCUT2D eigenvalue weighted by atomic mass is 79.9. The van der Waals surface area contributed by atoms with Gasteiger partial charge in [-0.2, -0.15) is 0 Å². The minimum absolute atomic E-state index is 0.142. The second-order valence-electron chi connectivity index (χ2n) is 4.09. The molecule has 2 atom stereocenters. The van der Waals surface area contributed by atoms with Crippen molar-refractivity contribution in [2.75, 3.05) is 26.3 Å². The first-order valence-electron chi connectivity index (χ1n) is 5.51. The SMILES string of the molecule is CC(N)C(c1ccc(Br)s1)N1CCOCC1. The van der Waals surface area contributed by atoms with Gasteiger partial charge < -0.3 is 10.5 Å². The number of thiophene rings is 1. The van der Waals surface area contributed by atoms with Gasteiger partial charge in [-0.25, -0.2) is 0 Å². The minimum atomic E-state index is 0.142. The molecular formula is C11H17BrN2OS. The molecule has 90 valence electrons. The first-order valence-corrected chi connectivity index (χ1v) is 7.12. The number of hydrogen-bond acceptors (Lipinski definition) is 4. The van der Waals surface area contributed by atoms with Gasteiger partial charge >= 0.3 is 0 Å². The number of ether oxygens (including phenoxy) is 1. The Hall–Kier alpha value is 0.0600. The van der Waals surface area contributed by atoms with Crippen LogP contribution in [0.4, 0.5) is 0 Å². The van der Waals surface area contributed by atoms with Gasteiger partial charge in [-0.1, -0.05) is 0 Å². The van der Waals surface area contributed by atoms with E-state index < -0.39 is 0 Å². The van der Waals surface area contributed by atoms with Crippen LogP contribution in [0.2, 0.25) is 0 Å². The number of halogens is 1. The molecule has 0 spiro atoms. The normalized spacial score (nSPS) is 21.9. The summed E-state index contributed by atoms with van der Waals surface area (Å²) < 4.78 is 6.55. The lowest BCUT2D eigenvalue weighted by Crippen LogP contribution is -2.45. The molecule has 2 unspecified atom stereocenters. The monoisotopic (exact) mass is 304 g/mol. The molecule has 0 saturated carbocycles. The summed E-state index contributed by atoms with van der Waals surface area (Å²) in [6.07, 6.45) is 0. The van der Waals surface area contributed by atoms with Gasteiger partial charge in [0, 0.05) is 24.0 Å². The van der Waals surface area contributed by atoms with Crippen LogP contribution in [0.5, 0.6) is 0 Å². The van der Waals surface area contributed by atoms with Crippen LogP contribution >= 0.6 is 27.3 Å². The highest BCUT2D eigenvalue weighted by molar-refractivity contribution is 9.11. The molecule has 0 bridgehead atoms. The van der Waals surface area contributed by atoms with Gasteiger partial charge in [0.25, 0.3) is 0 Å². The molecule has 5 heteroatoms. The van der Waals surface area contributed by atoms with E-state index in [1.54, 1.807) is 11.3 Å². The van der Waals surface area contributed by atoms with Crippen LogP contribution in [-0.4, -0.2) is 37.2 Å². The summed E-state index contributed by atoms with van der Waals surface area (Å²) in [6.45, 7) is 5.66. The molecule has 0 aliphatic carbocycles. The van der Waals surface area contributed by atoms with Crippen molar-refractivity contribution in [2.24, 2.45) is 5.73 Å². The quantitative estimate of drug-likeness (QED) is 0.931. The molecular weight excluding hydrogens is 288 g/mol. The molecule has 1 aliphatic heterocycles. The summed E-state index contributed by atoms with van der Waals surface area (Å²) in [6, 6.07) is 4.72. The molecule has 1 aliphatic rings. The van der Waals surface area contributed by atoms with Crippen molar-refractivity contribution < 1.29 is 4.74 Å². The van der Waals surface area contributed by atoms with E-state index in [-0.39, 0.29) is 6.04 Å². The molecule has 2 rings (SSSR count). The smallest absolute Gasteiger partial charge is 0.0702 e. The number of rotatable bonds is 3. The van der Waals surface area contributed by atoms with Crippen LogP contribution in [0.1, 0.15) is 17.8 Å². The van der Waals surface area contributed by atoms with E-state index in [2.05, 4.69) is 39.9 Å². The standard InChI is InChI=1S/C11H17BrN2OS/c1-8(13)11(9-2-3-10(12)16-9)14-4-6-15-7-5-14/h2-3,8,11H,4-7,13H2,1H3. The zero-order chi connectivity index (χ0) is 11.5. The molecule has 3 nitrogen and oxygen atoms in total.